The number of benzene rings is 2. The molecule has 0 fully saturated rings. The molecule has 1 atom stereocenters. The van der Waals surface area contributed by atoms with Gasteiger partial charge in [0.25, 0.3) is 0 Å². The van der Waals surface area contributed by atoms with Gasteiger partial charge in [0.1, 0.15) is 0 Å². The average molecular weight is 264 g/mol. The van der Waals surface area contributed by atoms with E-state index in [9.17, 15) is 0 Å². The van der Waals surface area contributed by atoms with Crippen molar-refractivity contribution in [3.05, 3.63) is 65.7 Å². The van der Waals surface area contributed by atoms with Crippen LogP contribution in [0.5, 0.6) is 0 Å². The van der Waals surface area contributed by atoms with Gasteiger partial charge in [-0.3, -0.25) is 0 Å². The highest BCUT2D eigenvalue weighted by atomic mass is 16.5. The minimum Gasteiger partial charge on any atom is -0.316 e. The minimum absolute atomic E-state index is 0.0893. The third kappa shape index (κ3) is 3.55. The lowest BCUT2D eigenvalue weighted by Crippen LogP contribution is -2.18. The normalized spacial score (nSPS) is 12.2. The summed E-state index contributed by atoms with van der Waals surface area (Å²) in [6, 6.07) is 17.6. The number of hydrogen-bond acceptors (Lipinski definition) is 3. The van der Waals surface area contributed by atoms with Crippen molar-refractivity contribution in [3.63, 3.8) is 0 Å². The average Bonchev–Trinajstić information content (AvgIpc) is 2.53. The summed E-state index contributed by atoms with van der Waals surface area (Å²) in [6.07, 6.45) is 3.85. The number of hydrogen-bond donors (Lipinski definition) is 2. The largest absolute Gasteiger partial charge is 0.316 e. The van der Waals surface area contributed by atoms with Gasteiger partial charge in [0.2, 0.25) is 0 Å². The molecule has 2 rings (SSSR count). The van der Waals surface area contributed by atoms with Gasteiger partial charge in [-0.25, -0.2) is 0 Å². The summed E-state index contributed by atoms with van der Waals surface area (Å²) < 4.78 is 0. The van der Waals surface area contributed by atoms with Crippen LogP contribution in [0.3, 0.4) is 0 Å². The van der Waals surface area contributed by atoms with E-state index in [4.69, 9.17) is 10.5 Å². The Hall–Kier alpha value is -2.41. The van der Waals surface area contributed by atoms with E-state index in [0.29, 0.717) is 5.56 Å². The molecule has 0 aliphatic carbocycles. The molecule has 20 heavy (non-hydrogen) atoms. The number of hydroxylamine groups is 1. The minimum atomic E-state index is -0.0893. The molecule has 2 aromatic carbocycles. The Bertz CT molecular complexity index is 639. The molecule has 2 aromatic rings. The Kier molecular flexibility index (Phi) is 4.67. The van der Waals surface area contributed by atoms with Crippen LogP contribution < -0.4 is 5.48 Å². The molecule has 0 saturated carbocycles. The molecule has 3 nitrogen and oxygen atoms in total. The maximum Gasteiger partial charge on any atom is 0.0991 e. The molecule has 0 bridgehead atoms. The number of nitrogens with one attached hydrogen (secondary N) is 1. The Balaban J connectivity index is 2.25. The number of rotatable bonds is 4. The monoisotopic (exact) mass is 264 g/mol. The molecule has 0 spiro atoms. The number of nitriles is 1. The van der Waals surface area contributed by atoms with Gasteiger partial charge in [-0.15, -0.1) is 0 Å². The zero-order valence-electron chi connectivity index (χ0n) is 11.2. The van der Waals surface area contributed by atoms with Gasteiger partial charge >= 0.3 is 0 Å². The van der Waals surface area contributed by atoms with E-state index < -0.39 is 0 Å². The topological polar surface area (TPSA) is 56.0 Å². The Morgan fingerprint density at radius 2 is 1.90 bits per heavy atom. The summed E-state index contributed by atoms with van der Waals surface area (Å²) in [7, 11) is 0. The molecule has 0 aliphatic heterocycles. The maximum atomic E-state index is 8.80. The van der Waals surface area contributed by atoms with Gasteiger partial charge in [-0.2, -0.15) is 10.7 Å². The predicted octanol–water partition coefficient (Wildman–Crippen LogP) is 3.61. The third-order valence-corrected chi connectivity index (χ3v) is 3.01. The van der Waals surface area contributed by atoms with Crippen LogP contribution in [0.15, 0.2) is 54.6 Å². The molecule has 0 aliphatic rings. The molecule has 100 valence electrons. The fraction of sp³-hybridized carbons (Fsp3) is 0.118. The molecule has 0 radical (unpaired) electrons. The van der Waals surface area contributed by atoms with Crippen molar-refractivity contribution < 1.29 is 5.21 Å². The van der Waals surface area contributed by atoms with Crippen LogP contribution in [0.1, 0.15) is 18.1 Å². The van der Waals surface area contributed by atoms with Crippen molar-refractivity contribution in [2.24, 2.45) is 0 Å². The molecule has 0 aromatic heterocycles. The van der Waals surface area contributed by atoms with Crippen LogP contribution >= 0.6 is 0 Å². The fourth-order valence-electron chi connectivity index (χ4n) is 1.86. The van der Waals surface area contributed by atoms with Crippen LogP contribution in [0.4, 0.5) is 0 Å². The Labute approximate surface area is 118 Å². The first-order valence-electron chi connectivity index (χ1n) is 6.41. The van der Waals surface area contributed by atoms with E-state index in [1.807, 2.05) is 61.5 Å². The molecule has 0 saturated heterocycles. The molecule has 3 heteroatoms. The van der Waals surface area contributed by atoms with E-state index in [2.05, 4.69) is 17.6 Å². The lowest BCUT2D eigenvalue weighted by molar-refractivity contribution is 0.150. The zero-order chi connectivity index (χ0) is 14.4. The van der Waals surface area contributed by atoms with Crippen LogP contribution in [0.2, 0.25) is 0 Å². The molecule has 2 N–H and O–H groups in total. The van der Waals surface area contributed by atoms with E-state index in [1.165, 1.54) is 0 Å². The Morgan fingerprint density at radius 3 is 2.55 bits per heavy atom. The van der Waals surface area contributed by atoms with Gasteiger partial charge in [0.15, 0.2) is 0 Å². The first-order valence-corrected chi connectivity index (χ1v) is 6.41. The summed E-state index contributed by atoms with van der Waals surface area (Å²) in [6.45, 7) is 1.86. The molecule has 0 unspecified atom stereocenters. The highest BCUT2D eigenvalue weighted by Crippen LogP contribution is 2.21. The summed E-state index contributed by atoms with van der Waals surface area (Å²) >= 11 is 0. The van der Waals surface area contributed by atoms with Crippen LogP contribution in [0, 0.1) is 11.3 Å². The summed E-state index contributed by atoms with van der Waals surface area (Å²) in [5.74, 6) is 0. The highest BCUT2D eigenvalue weighted by Gasteiger charge is 1.99. The van der Waals surface area contributed by atoms with Gasteiger partial charge in [0, 0.05) is 6.04 Å². The second kappa shape index (κ2) is 6.67. The van der Waals surface area contributed by atoms with Gasteiger partial charge in [0.05, 0.1) is 11.6 Å². The van der Waals surface area contributed by atoms with E-state index in [-0.39, 0.29) is 6.04 Å². The predicted molar refractivity (Wildman–Crippen MR) is 80.0 cm³/mol. The lowest BCUT2D eigenvalue weighted by Gasteiger charge is -2.04. The Morgan fingerprint density at radius 1 is 1.15 bits per heavy atom. The standard InChI is InChI=1S/C17H16N2O/c1-13(19-20)5-6-14-3-2-4-17(11-14)16-9-7-15(12-18)8-10-16/h2-11,13,19-20H,1H3/b6-5+/t13-/m1/s1. The van der Waals surface area contributed by atoms with Crippen LogP contribution in [-0.4, -0.2) is 11.2 Å². The number of nitrogens with zero attached hydrogens (tertiary/aromatic N) is 1. The fourth-order valence-corrected chi connectivity index (χ4v) is 1.86. The van der Waals surface area contributed by atoms with Gasteiger partial charge in [-0.1, -0.05) is 42.5 Å². The van der Waals surface area contributed by atoms with Crippen molar-refractivity contribution in [1.82, 2.24) is 5.48 Å². The quantitative estimate of drug-likeness (QED) is 0.829. The first kappa shape index (κ1) is 14.0. The van der Waals surface area contributed by atoms with Crippen molar-refractivity contribution in [1.29, 1.82) is 5.26 Å². The second-order valence-corrected chi connectivity index (χ2v) is 4.59. The smallest absolute Gasteiger partial charge is 0.0991 e. The molecule has 0 amide bonds. The summed E-state index contributed by atoms with van der Waals surface area (Å²) in [5.41, 5.74) is 6.08. The van der Waals surface area contributed by atoms with Gasteiger partial charge < -0.3 is 5.21 Å². The van der Waals surface area contributed by atoms with Crippen LogP contribution in [0.25, 0.3) is 17.2 Å². The van der Waals surface area contributed by atoms with E-state index in [1.54, 1.807) is 0 Å². The van der Waals surface area contributed by atoms with Crippen molar-refractivity contribution in [2.45, 2.75) is 13.0 Å². The zero-order valence-corrected chi connectivity index (χ0v) is 11.2. The van der Waals surface area contributed by atoms with Gasteiger partial charge in [-0.05, 0) is 41.8 Å². The van der Waals surface area contributed by atoms with Crippen molar-refractivity contribution in [3.8, 4) is 17.2 Å². The molecular formula is C17H16N2O. The van der Waals surface area contributed by atoms with E-state index >= 15 is 0 Å². The second-order valence-electron chi connectivity index (χ2n) is 4.59. The molecule has 0 heterocycles. The summed E-state index contributed by atoms with van der Waals surface area (Å²) in [4.78, 5) is 0. The highest BCUT2D eigenvalue weighted by molar-refractivity contribution is 5.68. The van der Waals surface area contributed by atoms with Crippen molar-refractivity contribution in [2.75, 3.05) is 0 Å². The summed E-state index contributed by atoms with van der Waals surface area (Å²) in [5, 5.41) is 17.6. The SMILES string of the molecule is C[C@H](/C=C/c1cccc(-c2ccc(C#N)cc2)c1)NO. The van der Waals surface area contributed by atoms with Crippen LogP contribution in [-0.2, 0) is 0 Å². The molecular weight excluding hydrogens is 248 g/mol. The third-order valence-electron chi connectivity index (χ3n) is 3.01. The van der Waals surface area contributed by atoms with Crippen molar-refractivity contribution >= 4 is 6.08 Å². The maximum absolute atomic E-state index is 8.80. The lowest BCUT2D eigenvalue weighted by atomic mass is 10.0. The first-order chi connectivity index (χ1) is 9.72. The van der Waals surface area contributed by atoms with E-state index in [0.717, 1.165) is 16.7 Å².